The number of rotatable bonds is 4. The molecule has 1 aromatic heterocycles. The first kappa shape index (κ1) is 16.1. The molecule has 126 valence electrons. The molecule has 23 heavy (non-hydrogen) atoms. The topological polar surface area (TPSA) is 97.5 Å². The molecule has 1 aromatic rings. The van der Waals surface area contributed by atoms with Gasteiger partial charge < -0.3 is 15.2 Å². The van der Waals surface area contributed by atoms with E-state index in [2.05, 4.69) is 10.3 Å². The molecule has 3 rings (SSSR count). The molecule has 0 bridgehead atoms. The fraction of sp³-hybridized carbons (Fsp3) is 0.688. The lowest BCUT2D eigenvalue weighted by Gasteiger charge is -2.37. The molecule has 1 saturated carbocycles. The normalized spacial score (nSPS) is 26.3. The highest BCUT2D eigenvalue weighted by Gasteiger charge is 2.48. The molecule has 1 saturated heterocycles. The van der Waals surface area contributed by atoms with Crippen molar-refractivity contribution in [3.63, 3.8) is 0 Å². The quantitative estimate of drug-likeness (QED) is 0.652. The van der Waals surface area contributed by atoms with Crippen LogP contribution in [0.5, 0.6) is 0 Å². The van der Waals surface area contributed by atoms with Crippen molar-refractivity contribution in [3.8, 4) is 0 Å². The fourth-order valence-electron chi connectivity index (χ4n) is 3.95. The van der Waals surface area contributed by atoms with Crippen LogP contribution in [-0.2, 0) is 4.74 Å². The SMILES string of the molecule is Cc1ccnc(NC[C@@H]2CCC3(CCOCC3)[C@H]2O)c1[N+](=O)[O-]. The first-order chi connectivity index (χ1) is 11.0. The highest BCUT2D eigenvalue weighted by Crippen LogP contribution is 2.48. The third-order valence-corrected chi connectivity index (χ3v) is 5.42. The van der Waals surface area contributed by atoms with Crippen molar-refractivity contribution < 1.29 is 14.8 Å². The maximum absolute atomic E-state index is 11.2. The van der Waals surface area contributed by atoms with Gasteiger partial charge in [-0.3, -0.25) is 10.1 Å². The van der Waals surface area contributed by atoms with E-state index in [1.165, 1.54) is 0 Å². The summed E-state index contributed by atoms with van der Waals surface area (Å²) in [5.74, 6) is 0.380. The lowest BCUT2D eigenvalue weighted by atomic mass is 9.76. The van der Waals surface area contributed by atoms with Gasteiger partial charge in [0.1, 0.15) is 0 Å². The number of hydrogen-bond donors (Lipinski definition) is 2. The number of hydrogen-bond acceptors (Lipinski definition) is 6. The number of anilines is 1. The number of nitrogens with one attached hydrogen (secondary N) is 1. The van der Waals surface area contributed by atoms with Crippen molar-refractivity contribution in [2.75, 3.05) is 25.1 Å². The summed E-state index contributed by atoms with van der Waals surface area (Å²) in [6, 6.07) is 1.63. The lowest BCUT2D eigenvalue weighted by molar-refractivity contribution is -0.384. The number of aryl methyl sites for hydroxylation is 1. The van der Waals surface area contributed by atoms with Crippen LogP contribution in [0.15, 0.2) is 12.3 Å². The van der Waals surface area contributed by atoms with Gasteiger partial charge in [0, 0.05) is 42.9 Å². The molecule has 2 N–H and O–H groups in total. The number of pyridine rings is 1. The van der Waals surface area contributed by atoms with Gasteiger partial charge in [-0.25, -0.2) is 4.98 Å². The second kappa shape index (κ2) is 6.41. The number of nitrogens with zero attached hydrogens (tertiary/aromatic N) is 2. The molecule has 2 atom stereocenters. The fourth-order valence-corrected chi connectivity index (χ4v) is 3.95. The zero-order valence-corrected chi connectivity index (χ0v) is 13.3. The maximum Gasteiger partial charge on any atom is 0.314 e. The van der Waals surface area contributed by atoms with Crippen LogP contribution in [-0.4, -0.2) is 40.9 Å². The minimum absolute atomic E-state index is 0.0146. The molecule has 1 aliphatic heterocycles. The Labute approximate surface area is 135 Å². The van der Waals surface area contributed by atoms with Crippen LogP contribution in [0, 0.1) is 28.4 Å². The Bertz CT molecular complexity index is 587. The van der Waals surface area contributed by atoms with Crippen molar-refractivity contribution >= 4 is 11.5 Å². The van der Waals surface area contributed by atoms with Crippen LogP contribution in [0.25, 0.3) is 0 Å². The molecule has 0 unspecified atom stereocenters. The van der Waals surface area contributed by atoms with Crippen LogP contribution in [0.2, 0.25) is 0 Å². The Morgan fingerprint density at radius 3 is 2.91 bits per heavy atom. The van der Waals surface area contributed by atoms with Gasteiger partial charge in [0.05, 0.1) is 11.0 Å². The minimum Gasteiger partial charge on any atom is -0.392 e. The Kier molecular flexibility index (Phi) is 4.50. The largest absolute Gasteiger partial charge is 0.392 e. The van der Waals surface area contributed by atoms with Crippen molar-refractivity contribution in [3.05, 3.63) is 27.9 Å². The van der Waals surface area contributed by atoms with Crippen molar-refractivity contribution in [2.24, 2.45) is 11.3 Å². The first-order valence-corrected chi connectivity index (χ1v) is 8.13. The van der Waals surface area contributed by atoms with Crippen molar-refractivity contribution in [1.29, 1.82) is 0 Å². The second-order valence-corrected chi connectivity index (χ2v) is 6.68. The predicted molar refractivity (Wildman–Crippen MR) is 85.3 cm³/mol. The second-order valence-electron chi connectivity index (χ2n) is 6.68. The zero-order chi connectivity index (χ0) is 16.4. The summed E-state index contributed by atoms with van der Waals surface area (Å²) < 4.78 is 5.41. The van der Waals surface area contributed by atoms with Gasteiger partial charge in [-0.2, -0.15) is 0 Å². The monoisotopic (exact) mass is 321 g/mol. The molecular weight excluding hydrogens is 298 g/mol. The standard InChI is InChI=1S/C16H23N3O4/c1-11-3-7-17-15(13(11)19(21)22)18-10-12-2-4-16(14(12)20)5-8-23-9-6-16/h3,7,12,14,20H,2,4-6,8-10H2,1H3,(H,17,18)/t12-,14-/m0/s1. The third-order valence-electron chi connectivity index (χ3n) is 5.42. The van der Waals surface area contributed by atoms with Crippen LogP contribution >= 0.6 is 0 Å². The van der Waals surface area contributed by atoms with Crippen LogP contribution in [0.4, 0.5) is 11.5 Å². The number of aromatic nitrogens is 1. The van der Waals surface area contributed by atoms with Gasteiger partial charge in [-0.1, -0.05) is 0 Å². The van der Waals surface area contributed by atoms with E-state index in [-0.39, 0.29) is 28.9 Å². The molecule has 7 nitrogen and oxygen atoms in total. The smallest absolute Gasteiger partial charge is 0.314 e. The summed E-state index contributed by atoms with van der Waals surface area (Å²) in [5.41, 5.74) is 0.567. The average molecular weight is 321 g/mol. The van der Waals surface area contributed by atoms with Gasteiger partial charge in [0.2, 0.25) is 5.82 Å². The molecular formula is C16H23N3O4. The van der Waals surface area contributed by atoms with E-state index >= 15 is 0 Å². The van der Waals surface area contributed by atoms with E-state index in [0.717, 1.165) is 25.7 Å². The molecule has 0 radical (unpaired) electrons. The third kappa shape index (κ3) is 3.03. The molecule has 0 amide bonds. The number of ether oxygens (including phenoxy) is 1. The Morgan fingerprint density at radius 1 is 1.48 bits per heavy atom. The molecule has 2 heterocycles. The first-order valence-electron chi connectivity index (χ1n) is 8.13. The maximum atomic E-state index is 11.2. The van der Waals surface area contributed by atoms with E-state index in [0.29, 0.717) is 25.3 Å². The summed E-state index contributed by atoms with van der Waals surface area (Å²) in [7, 11) is 0. The highest BCUT2D eigenvalue weighted by molar-refractivity contribution is 5.59. The number of aliphatic hydroxyl groups is 1. The molecule has 1 aliphatic carbocycles. The summed E-state index contributed by atoms with van der Waals surface area (Å²) in [4.78, 5) is 14.9. The summed E-state index contributed by atoms with van der Waals surface area (Å²) in [6.45, 7) is 3.62. The zero-order valence-electron chi connectivity index (χ0n) is 13.3. The van der Waals surface area contributed by atoms with Gasteiger partial charge in [-0.15, -0.1) is 0 Å². The van der Waals surface area contributed by atoms with Crippen molar-refractivity contribution in [1.82, 2.24) is 4.98 Å². The van der Waals surface area contributed by atoms with E-state index in [1.807, 2.05) is 0 Å². The van der Waals surface area contributed by atoms with E-state index in [4.69, 9.17) is 4.74 Å². The minimum atomic E-state index is -0.407. The molecule has 1 spiro atoms. The van der Waals surface area contributed by atoms with Crippen LogP contribution in [0.1, 0.15) is 31.2 Å². The number of nitro groups is 1. The summed E-state index contributed by atoms with van der Waals surface area (Å²) in [6.07, 6.45) is 4.89. The van der Waals surface area contributed by atoms with Gasteiger partial charge >= 0.3 is 5.69 Å². The van der Waals surface area contributed by atoms with Crippen LogP contribution < -0.4 is 5.32 Å². The highest BCUT2D eigenvalue weighted by atomic mass is 16.6. The summed E-state index contributed by atoms with van der Waals surface area (Å²) >= 11 is 0. The summed E-state index contributed by atoms with van der Waals surface area (Å²) in [5, 5.41) is 25.0. The predicted octanol–water partition coefficient (Wildman–Crippen LogP) is 2.28. The Morgan fingerprint density at radius 2 is 2.22 bits per heavy atom. The van der Waals surface area contributed by atoms with E-state index < -0.39 is 4.92 Å². The molecule has 0 aromatic carbocycles. The molecule has 2 fully saturated rings. The van der Waals surface area contributed by atoms with Gasteiger partial charge in [-0.05, 0) is 38.7 Å². The average Bonchev–Trinajstić information content (AvgIpc) is 2.82. The Hall–Kier alpha value is -1.73. The lowest BCUT2D eigenvalue weighted by Crippen LogP contribution is -2.40. The number of aliphatic hydroxyl groups excluding tert-OH is 1. The van der Waals surface area contributed by atoms with Crippen LogP contribution in [0.3, 0.4) is 0 Å². The Balaban J connectivity index is 1.68. The molecule has 7 heteroatoms. The molecule has 2 aliphatic rings. The van der Waals surface area contributed by atoms with E-state index in [9.17, 15) is 15.2 Å². The van der Waals surface area contributed by atoms with Gasteiger partial charge in [0.15, 0.2) is 0 Å². The van der Waals surface area contributed by atoms with Gasteiger partial charge in [0.25, 0.3) is 0 Å². The van der Waals surface area contributed by atoms with Crippen molar-refractivity contribution in [2.45, 2.75) is 38.7 Å². The van der Waals surface area contributed by atoms with E-state index in [1.54, 1.807) is 19.2 Å².